The average Bonchev–Trinajstić information content (AvgIpc) is 2.16. The number of Topliss-reactive ketones (excluding diaryl/α,β-unsaturated/α-hetero) is 1. The molecule has 0 N–H and O–H groups in total. The molecule has 0 saturated heterocycles. The molecular weight excluding hydrogens is 172 g/mol. The summed E-state index contributed by atoms with van der Waals surface area (Å²) in [6, 6.07) is 0. The third kappa shape index (κ3) is 5.07. The van der Waals surface area contributed by atoms with Crippen LogP contribution in [0.2, 0.25) is 0 Å². The highest BCUT2D eigenvalue weighted by Gasteiger charge is 2.24. The summed E-state index contributed by atoms with van der Waals surface area (Å²) in [5.41, 5.74) is -0.318. The first kappa shape index (κ1) is 13.2. The van der Waals surface area contributed by atoms with Crippen molar-refractivity contribution < 1.29 is 4.79 Å². The highest BCUT2D eigenvalue weighted by atomic mass is 16.1. The first-order valence-electron chi connectivity index (χ1n) is 5.55. The first-order chi connectivity index (χ1) is 6.54. The molecule has 0 spiro atoms. The van der Waals surface area contributed by atoms with Crippen LogP contribution in [0.15, 0.2) is 0 Å². The molecule has 0 aromatic heterocycles. The average molecular weight is 194 g/mol. The summed E-state index contributed by atoms with van der Waals surface area (Å²) >= 11 is 0. The van der Waals surface area contributed by atoms with Gasteiger partial charge in [0.25, 0.3) is 0 Å². The second kappa shape index (κ2) is 6.65. The molecule has 0 amide bonds. The molecule has 0 aliphatic carbocycles. The molecule has 0 atom stereocenters. The number of rotatable bonds is 7. The maximum absolute atomic E-state index is 11.3. The van der Waals surface area contributed by atoms with Crippen molar-refractivity contribution in [2.45, 2.75) is 59.3 Å². The van der Waals surface area contributed by atoms with Crippen LogP contribution in [0.5, 0.6) is 0 Å². The predicted molar refractivity (Wildman–Crippen MR) is 61.0 cm³/mol. The number of carbonyl (C=O) groups excluding carboxylic acids is 1. The van der Waals surface area contributed by atoms with Gasteiger partial charge in [-0.2, -0.15) is 0 Å². The van der Waals surface area contributed by atoms with Gasteiger partial charge in [-0.1, -0.05) is 52.9 Å². The Labute approximate surface area is 88.3 Å². The zero-order chi connectivity index (χ0) is 11.0. The van der Waals surface area contributed by atoms with E-state index in [-0.39, 0.29) is 11.2 Å². The quantitative estimate of drug-likeness (QED) is 0.344. The molecule has 0 rings (SSSR count). The van der Waals surface area contributed by atoms with Gasteiger partial charge >= 0.3 is 0 Å². The molecular formula is C13H22O. The molecule has 0 fully saturated rings. The van der Waals surface area contributed by atoms with Gasteiger partial charge in [0.15, 0.2) is 0 Å². The summed E-state index contributed by atoms with van der Waals surface area (Å²) in [4.78, 5) is 11.3. The van der Waals surface area contributed by atoms with Crippen LogP contribution in [-0.4, -0.2) is 5.78 Å². The van der Waals surface area contributed by atoms with Crippen LogP contribution in [0.1, 0.15) is 59.3 Å². The van der Waals surface area contributed by atoms with Gasteiger partial charge in [-0.25, -0.2) is 0 Å². The van der Waals surface area contributed by atoms with Crippen LogP contribution < -0.4 is 0 Å². The molecule has 0 aromatic carbocycles. The van der Waals surface area contributed by atoms with Crippen molar-refractivity contribution in [3.63, 3.8) is 0 Å². The fraction of sp³-hybridized carbons (Fsp3) is 0.769. The van der Waals surface area contributed by atoms with Gasteiger partial charge in [0.2, 0.25) is 5.78 Å². The van der Waals surface area contributed by atoms with Crippen molar-refractivity contribution in [3.8, 4) is 12.3 Å². The van der Waals surface area contributed by atoms with Gasteiger partial charge < -0.3 is 0 Å². The van der Waals surface area contributed by atoms with E-state index in [0.717, 1.165) is 12.8 Å². The zero-order valence-electron chi connectivity index (χ0n) is 9.73. The fourth-order valence-corrected chi connectivity index (χ4v) is 1.48. The smallest absolute Gasteiger partial charge is 0.210 e. The largest absolute Gasteiger partial charge is 0.284 e. The SMILES string of the molecule is C#CC(=O)C(C)(C)CCCCCCC. The second-order valence-corrected chi connectivity index (χ2v) is 4.52. The molecule has 0 aliphatic heterocycles. The monoisotopic (exact) mass is 194 g/mol. The lowest BCUT2D eigenvalue weighted by Crippen LogP contribution is -2.22. The molecule has 14 heavy (non-hydrogen) atoms. The van der Waals surface area contributed by atoms with Gasteiger partial charge in [-0.3, -0.25) is 4.79 Å². The maximum Gasteiger partial charge on any atom is 0.210 e. The third-order valence-corrected chi connectivity index (χ3v) is 2.65. The van der Waals surface area contributed by atoms with Gasteiger partial charge in [-0.15, -0.1) is 6.42 Å². The van der Waals surface area contributed by atoms with Crippen LogP contribution in [-0.2, 0) is 4.79 Å². The van der Waals surface area contributed by atoms with E-state index < -0.39 is 0 Å². The van der Waals surface area contributed by atoms with Gasteiger partial charge in [-0.05, 0) is 12.3 Å². The van der Waals surface area contributed by atoms with E-state index in [1.165, 1.54) is 25.7 Å². The lowest BCUT2D eigenvalue weighted by Gasteiger charge is -2.19. The van der Waals surface area contributed by atoms with Crippen molar-refractivity contribution in [3.05, 3.63) is 0 Å². The Bertz CT molecular complexity index is 208. The molecule has 0 heterocycles. The Morgan fingerprint density at radius 1 is 1.21 bits per heavy atom. The molecule has 0 aliphatic rings. The number of terminal acetylenes is 1. The van der Waals surface area contributed by atoms with Crippen molar-refractivity contribution >= 4 is 5.78 Å². The van der Waals surface area contributed by atoms with E-state index >= 15 is 0 Å². The number of carbonyl (C=O) groups is 1. The van der Waals surface area contributed by atoms with Crippen molar-refractivity contribution in [1.82, 2.24) is 0 Å². The summed E-state index contributed by atoms with van der Waals surface area (Å²) in [6.07, 6.45) is 12.2. The highest BCUT2D eigenvalue weighted by Crippen LogP contribution is 2.24. The molecule has 0 radical (unpaired) electrons. The van der Waals surface area contributed by atoms with E-state index in [9.17, 15) is 4.79 Å². The standard InChI is InChI=1S/C13H22O/c1-5-7-8-9-10-11-13(3,4)12(14)6-2/h2H,5,7-11H2,1,3-4H3. The minimum absolute atomic E-state index is 0.0620. The third-order valence-electron chi connectivity index (χ3n) is 2.65. The van der Waals surface area contributed by atoms with Crippen LogP contribution in [0.25, 0.3) is 0 Å². The lowest BCUT2D eigenvalue weighted by molar-refractivity contribution is -0.121. The lowest BCUT2D eigenvalue weighted by atomic mass is 9.83. The zero-order valence-corrected chi connectivity index (χ0v) is 9.73. The Kier molecular flexibility index (Phi) is 6.28. The van der Waals surface area contributed by atoms with Crippen LogP contribution in [0.4, 0.5) is 0 Å². The summed E-state index contributed by atoms with van der Waals surface area (Å²) < 4.78 is 0. The van der Waals surface area contributed by atoms with Crippen LogP contribution in [0, 0.1) is 17.8 Å². The topological polar surface area (TPSA) is 17.1 Å². The Morgan fingerprint density at radius 2 is 1.79 bits per heavy atom. The van der Waals surface area contributed by atoms with E-state index in [4.69, 9.17) is 6.42 Å². The van der Waals surface area contributed by atoms with Gasteiger partial charge in [0.1, 0.15) is 0 Å². The van der Waals surface area contributed by atoms with E-state index in [2.05, 4.69) is 12.8 Å². The molecule has 1 heteroatoms. The Hall–Kier alpha value is -0.770. The van der Waals surface area contributed by atoms with E-state index in [0.29, 0.717) is 0 Å². The fourth-order valence-electron chi connectivity index (χ4n) is 1.48. The summed E-state index contributed by atoms with van der Waals surface area (Å²) in [5, 5.41) is 0. The minimum Gasteiger partial charge on any atom is -0.284 e. The Morgan fingerprint density at radius 3 is 2.29 bits per heavy atom. The van der Waals surface area contributed by atoms with E-state index in [1.54, 1.807) is 0 Å². The molecule has 1 nitrogen and oxygen atoms in total. The van der Waals surface area contributed by atoms with Crippen LogP contribution in [0.3, 0.4) is 0 Å². The number of unbranched alkanes of at least 4 members (excludes halogenated alkanes) is 4. The number of hydrogen-bond acceptors (Lipinski definition) is 1. The van der Waals surface area contributed by atoms with Crippen LogP contribution >= 0.6 is 0 Å². The molecule has 0 aromatic rings. The first-order valence-corrected chi connectivity index (χ1v) is 5.55. The predicted octanol–water partition coefficient (Wildman–Crippen LogP) is 3.58. The molecule has 0 saturated carbocycles. The highest BCUT2D eigenvalue weighted by molar-refractivity contribution is 5.98. The Balaban J connectivity index is 3.67. The summed E-state index contributed by atoms with van der Waals surface area (Å²) in [5.74, 6) is 2.16. The maximum atomic E-state index is 11.3. The van der Waals surface area contributed by atoms with Gasteiger partial charge in [0, 0.05) is 5.41 Å². The van der Waals surface area contributed by atoms with Crippen molar-refractivity contribution in [1.29, 1.82) is 0 Å². The van der Waals surface area contributed by atoms with E-state index in [1.807, 2.05) is 13.8 Å². The molecule has 80 valence electrons. The molecule has 0 bridgehead atoms. The van der Waals surface area contributed by atoms with Crippen molar-refractivity contribution in [2.75, 3.05) is 0 Å². The molecule has 0 unspecified atom stereocenters. The summed E-state index contributed by atoms with van der Waals surface area (Å²) in [6.45, 7) is 6.08. The second-order valence-electron chi connectivity index (χ2n) is 4.52. The van der Waals surface area contributed by atoms with Crippen molar-refractivity contribution in [2.24, 2.45) is 5.41 Å². The normalized spacial score (nSPS) is 11.0. The minimum atomic E-state index is -0.318. The van der Waals surface area contributed by atoms with Gasteiger partial charge in [0.05, 0.1) is 0 Å². The summed E-state index contributed by atoms with van der Waals surface area (Å²) in [7, 11) is 0. The number of ketones is 1. The number of hydrogen-bond donors (Lipinski definition) is 0.